The van der Waals surface area contributed by atoms with Crippen molar-refractivity contribution in [3.63, 3.8) is 0 Å². The van der Waals surface area contributed by atoms with Crippen molar-refractivity contribution in [3.8, 4) is 0 Å². The van der Waals surface area contributed by atoms with Gasteiger partial charge in [-0.25, -0.2) is 17.8 Å². The van der Waals surface area contributed by atoms with Crippen LogP contribution in [0.15, 0.2) is 40.2 Å². The third kappa shape index (κ3) is 5.03. The maximum atomic E-state index is 14.7. The average Bonchev–Trinajstić information content (AvgIpc) is 3.06. The number of rotatable bonds is 6. The molecular weight excluding hydrogens is 467 g/mol. The van der Waals surface area contributed by atoms with Crippen LogP contribution in [0.5, 0.6) is 0 Å². The van der Waals surface area contributed by atoms with Crippen molar-refractivity contribution >= 4 is 32.2 Å². The van der Waals surface area contributed by atoms with E-state index in [1.54, 1.807) is 13.8 Å². The summed E-state index contributed by atoms with van der Waals surface area (Å²) in [5, 5.41) is 2.90. The van der Waals surface area contributed by atoms with Crippen molar-refractivity contribution in [3.05, 3.63) is 62.7 Å². The molecule has 12 heteroatoms. The molecule has 0 saturated carbocycles. The fourth-order valence-electron chi connectivity index (χ4n) is 3.87. The molecule has 2 aromatic heterocycles. The van der Waals surface area contributed by atoms with Crippen molar-refractivity contribution < 1.29 is 22.3 Å². The second-order valence-electron chi connectivity index (χ2n) is 8.82. The van der Waals surface area contributed by atoms with Gasteiger partial charge in [-0.05, 0) is 31.5 Å². The second kappa shape index (κ2) is 8.60. The Labute approximate surface area is 194 Å². The van der Waals surface area contributed by atoms with Crippen LogP contribution < -0.4 is 16.4 Å². The Kier molecular flexibility index (Phi) is 6.08. The topological polar surface area (TPSA) is 122 Å². The number of sulfone groups is 1. The number of nitrogens with zero attached hydrogens (tertiary/aromatic N) is 3. The van der Waals surface area contributed by atoms with Gasteiger partial charge in [0.25, 0.3) is 11.1 Å². The van der Waals surface area contributed by atoms with Gasteiger partial charge >= 0.3 is 0 Å². The first-order chi connectivity index (χ1) is 15.8. The van der Waals surface area contributed by atoms with E-state index in [-0.39, 0.29) is 46.4 Å². The number of ether oxygens (including phenoxy) is 2. The Morgan fingerprint density at radius 2 is 1.97 bits per heavy atom. The highest BCUT2D eigenvalue weighted by molar-refractivity contribution is 7.89. The molecule has 1 aliphatic rings. The van der Waals surface area contributed by atoms with Crippen LogP contribution in [-0.2, 0) is 38.7 Å². The number of benzene rings is 1. The normalized spacial score (nSPS) is 17.9. The van der Waals surface area contributed by atoms with E-state index in [1.165, 1.54) is 40.7 Å². The minimum atomic E-state index is -3.34. The van der Waals surface area contributed by atoms with Crippen molar-refractivity contribution in [2.45, 2.75) is 38.0 Å². The van der Waals surface area contributed by atoms with Crippen molar-refractivity contribution in [1.29, 1.82) is 0 Å². The van der Waals surface area contributed by atoms with E-state index in [0.29, 0.717) is 6.61 Å². The molecular formula is C22H25FN4O6S. The Balaban J connectivity index is 1.74. The van der Waals surface area contributed by atoms with E-state index in [2.05, 4.69) is 10.3 Å². The summed E-state index contributed by atoms with van der Waals surface area (Å²) in [6.45, 7) is 4.05. The van der Waals surface area contributed by atoms with Crippen LogP contribution in [0, 0.1) is 5.82 Å². The lowest BCUT2D eigenvalue weighted by Crippen LogP contribution is -2.31. The molecule has 1 fully saturated rings. The molecule has 1 atom stereocenters. The maximum absolute atomic E-state index is 14.7. The zero-order chi connectivity index (χ0) is 24.8. The van der Waals surface area contributed by atoms with E-state index < -0.39 is 32.6 Å². The summed E-state index contributed by atoms with van der Waals surface area (Å²) in [5.74, 6) is -1.79. The van der Waals surface area contributed by atoms with Gasteiger partial charge in [0.2, 0.25) is 0 Å². The number of pyridine rings is 1. The smallest absolute Gasteiger partial charge is 0.264 e. The number of nitrogens with one attached hydrogen (secondary N) is 1. The van der Waals surface area contributed by atoms with Crippen LogP contribution in [0.2, 0.25) is 0 Å². The van der Waals surface area contributed by atoms with E-state index in [1.807, 2.05) is 0 Å². The zero-order valence-electron chi connectivity index (χ0n) is 19.2. The van der Waals surface area contributed by atoms with E-state index in [4.69, 9.17) is 9.47 Å². The lowest BCUT2D eigenvalue weighted by molar-refractivity contribution is -0.139. The summed E-state index contributed by atoms with van der Waals surface area (Å²) < 4.78 is 51.7. The van der Waals surface area contributed by atoms with Crippen molar-refractivity contribution in [2.75, 3.05) is 18.2 Å². The molecule has 0 spiro atoms. The van der Waals surface area contributed by atoms with Gasteiger partial charge in [-0.1, -0.05) is 6.07 Å². The summed E-state index contributed by atoms with van der Waals surface area (Å²) in [7, 11) is -1.85. The minimum Gasteiger partial charge on any atom is -0.352 e. The van der Waals surface area contributed by atoms with Crippen LogP contribution in [0.3, 0.4) is 0 Å². The maximum Gasteiger partial charge on any atom is 0.264 e. The highest BCUT2D eigenvalue weighted by atomic mass is 32.2. The standard InChI is InChI=1S/C22H25FN4O6S/c1-22(2)32-10-14(33-22)9-27-12-24-20-19(21(27)29)17(8-18(28)26(20)3)25-16-6-5-13(7-15(16)23)11-34(4,30)31/h5-8,12,14,25H,9-11H2,1-4H3/t14-/m1/s1. The third-order valence-electron chi connectivity index (χ3n) is 5.40. The van der Waals surface area contributed by atoms with Gasteiger partial charge in [0, 0.05) is 19.4 Å². The van der Waals surface area contributed by atoms with Gasteiger partial charge in [-0.2, -0.15) is 0 Å². The largest absolute Gasteiger partial charge is 0.352 e. The number of halogens is 1. The number of aromatic nitrogens is 3. The Morgan fingerprint density at radius 3 is 2.59 bits per heavy atom. The van der Waals surface area contributed by atoms with Crippen LogP contribution >= 0.6 is 0 Å². The summed E-state index contributed by atoms with van der Waals surface area (Å²) in [5.41, 5.74) is -0.396. The van der Waals surface area contributed by atoms with Gasteiger partial charge in [-0.3, -0.25) is 18.7 Å². The molecule has 0 bridgehead atoms. The first-order valence-electron chi connectivity index (χ1n) is 10.5. The average molecular weight is 493 g/mol. The molecule has 10 nitrogen and oxygen atoms in total. The number of fused-ring (bicyclic) bond motifs is 1. The van der Waals surface area contributed by atoms with E-state index >= 15 is 0 Å². The molecule has 3 heterocycles. The second-order valence-corrected chi connectivity index (χ2v) is 11.0. The Morgan fingerprint density at radius 1 is 1.24 bits per heavy atom. The first kappa shape index (κ1) is 24.0. The summed E-state index contributed by atoms with van der Waals surface area (Å²) in [6.07, 6.45) is 2.03. The fourth-order valence-corrected chi connectivity index (χ4v) is 4.65. The van der Waals surface area contributed by atoms with Gasteiger partial charge in [-0.15, -0.1) is 0 Å². The van der Waals surface area contributed by atoms with Crippen LogP contribution in [-0.4, -0.2) is 47.3 Å². The molecule has 0 radical (unpaired) electrons. The monoisotopic (exact) mass is 492 g/mol. The number of anilines is 2. The highest BCUT2D eigenvalue weighted by Crippen LogP contribution is 2.26. The lowest BCUT2D eigenvalue weighted by atomic mass is 10.2. The first-order valence-corrected chi connectivity index (χ1v) is 12.5. The third-order valence-corrected chi connectivity index (χ3v) is 6.26. The summed E-state index contributed by atoms with van der Waals surface area (Å²) >= 11 is 0. The minimum absolute atomic E-state index is 0.0177. The predicted octanol–water partition coefficient (Wildman–Crippen LogP) is 1.67. The molecule has 3 aromatic rings. The Hall–Kier alpha value is -3.09. The summed E-state index contributed by atoms with van der Waals surface area (Å²) in [6, 6.07) is 5.12. The molecule has 1 saturated heterocycles. The van der Waals surface area contributed by atoms with E-state index in [9.17, 15) is 22.4 Å². The molecule has 1 aromatic carbocycles. The quantitative estimate of drug-likeness (QED) is 0.552. The molecule has 0 amide bonds. The highest BCUT2D eigenvalue weighted by Gasteiger charge is 2.33. The van der Waals surface area contributed by atoms with Gasteiger partial charge < -0.3 is 14.8 Å². The van der Waals surface area contributed by atoms with E-state index in [0.717, 1.165) is 12.3 Å². The molecule has 0 unspecified atom stereocenters. The summed E-state index contributed by atoms with van der Waals surface area (Å²) in [4.78, 5) is 30.1. The SMILES string of the molecule is Cn1c(=O)cc(Nc2ccc(CS(C)(=O)=O)cc2F)c2c(=O)n(C[C@@H]3COC(C)(C)O3)cnc21. The number of hydrogen-bond donors (Lipinski definition) is 1. The zero-order valence-corrected chi connectivity index (χ0v) is 20.0. The van der Waals surface area contributed by atoms with Crippen LogP contribution in [0.4, 0.5) is 15.8 Å². The molecule has 182 valence electrons. The Bertz CT molecular complexity index is 1500. The molecule has 0 aliphatic carbocycles. The van der Waals surface area contributed by atoms with Gasteiger partial charge in [0.05, 0.1) is 30.3 Å². The fraction of sp³-hybridized carbons (Fsp3) is 0.409. The van der Waals surface area contributed by atoms with Gasteiger partial charge in [0.15, 0.2) is 21.3 Å². The van der Waals surface area contributed by atoms with Crippen molar-refractivity contribution in [1.82, 2.24) is 14.1 Å². The molecule has 4 rings (SSSR count). The number of aryl methyl sites for hydroxylation is 1. The lowest BCUT2D eigenvalue weighted by Gasteiger charge is -2.18. The van der Waals surface area contributed by atoms with Crippen LogP contribution in [0.25, 0.3) is 11.0 Å². The molecule has 1 N–H and O–H groups in total. The number of hydrogen-bond acceptors (Lipinski definition) is 8. The van der Waals surface area contributed by atoms with Crippen LogP contribution in [0.1, 0.15) is 19.4 Å². The van der Waals surface area contributed by atoms with Crippen molar-refractivity contribution in [2.24, 2.45) is 7.05 Å². The predicted molar refractivity (Wildman–Crippen MR) is 124 cm³/mol. The molecule has 34 heavy (non-hydrogen) atoms. The molecule has 1 aliphatic heterocycles. The van der Waals surface area contributed by atoms with Gasteiger partial charge in [0.1, 0.15) is 23.6 Å².